The number of aliphatic hydroxyl groups excluding tert-OH is 1. The average molecular weight is 693 g/mol. The van der Waals surface area contributed by atoms with Crippen LogP contribution < -0.4 is 15.3 Å². The minimum absolute atomic E-state index is 0.0856. The van der Waals surface area contributed by atoms with Gasteiger partial charge in [0, 0.05) is 36.2 Å². The molecule has 0 aliphatic carbocycles. The number of carbonyl (C=O) groups excluding carboxylic acids is 1. The number of hydrogen-bond donors (Lipinski definition) is 3. The van der Waals surface area contributed by atoms with Crippen molar-refractivity contribution in [1.29, 1.82) is 0 Å². The minimum atomic E-state index is -1.51. The maximum Gasteiger partial charge on any atom is 0.488 e. The zero-order valence-electron chi connectivity index (χ0n) is 26.2. The molecular weight excluding hydrogens is 653 g/mol. The molecule has 6 nitrogen and oxygen atoms in total. The topological polar surface area (TPSA) is 84.2 Å². The number of rotatable bonds is 6. The van der Waals surface area contributed by atoms with Crippen molar-refractivity contribution in [2.45, 2.75) is 45.6 Å². The van der Waals surface area contributed by atoms with Crippen LogP contribution in [-0.2, 0) is 0 Å². The van der Waals surface area contributed by atoms with Gasteiger partial charge in [0.25, 0.3) is 0 Å². The van der Waals surface area contributed by atoms with E-state index >= 15 is 0 Å². The Morgan fingerprint density at radius 2 is 1.30 bits per heavy atom. The van der Waals surface area contributed by atoms with Crippen molar-refractivity contribution in [2.24, 2.45) is 0 Å². The first kappa shape index (κ1) is 35.3. The van der Waals surface area contributed by atoms with E-state index in [1.807, 2.05) is 36.4 Å². The number of aliphatic hydroxyl groups is 1. The monoisotopic (exact) mass is 692 g/mol. The summed E-state index contributed by atoms with van der Waals surface area (Å²) in [7, 11) is -1.51. The van der Waals surface area contributed by atoms with Gasteiger partial charge in [-0.05, 0) is 98.1 Å². The summed E-state index contributed by atoms with van der Waals surface area (Å²) < 4.78 is 28.4. The maximum atomic E-state index is 14.1. The van der Waals surface area contributed by atoms with E-state index in [0.29, 0.717) is 16.7 Å². The molecule has 0 bridgehead atoms. The first-order chi connectivity index (χ1) is 22.0. The van der Waals surface area contributed by atoms with E-state index in [9.17, 15) is 18.7 Å². The van der Waals surface area contributed by atoms with Gasteiger partial charge in [-0.1, -0.05) is 64.5 Å². The second-order valence-corrected chi connectivity index (χ2v) is 12.4. The third-order valence-corrected chi connectivity index (χ3v) is 8.53. The highest BCUT2D eigenvalue weighted by atomic mass is 79.9. The Bertz CT molecular complexity index is 1610. The number of halogens is 3. The number of nitrogens with zero attached hydrogens (tertiary/aromatic N) is 2. The quantitative estimate of drug-likeness (QED) is 0.151. The van der Waals surface area contributed by atoms with E-state index in [1.54, 1.807) is 37.3 Å². The molecule has 2 aliphatic heterocycles. The number of hydrogen-bond acceptors (Lipinski definition) is 6. The van der Waals surface area contributed by atoms with Crippen molar-refractivity contribution in [2.75, 3.05) is 36.0 Å². The normalized spacial score (nSPS) is 14.6. The molecule has 0 spiro atoms. The van der Waals surface area contributed by atoms with Crippen molar-refractivity contribution in [3.8, 4) is 11.1 Å². The average Bonchev–Trinajstić information content (AvgIpc) is 3.79. The summed E-state index contributed by atoms with van der Waals surface area (Å²) >= 11 is 3.35. The van der Waals surface area contributed by atoms with Gasteiger partial charge in [-0.2, -0.15) is 0 Å². The fourth-order valence-corrected chi connectivity index (χ4v) is 5.82. The molecule has 4 aromatic rings. The molecule has 0 saturated carbocycles. The third-order valence-electron chi connectivity index (χ3n) is 8.04. The standard InChI is InChI=1S/C18H20FNO.C10H11BrFN.C8H9BO3/c1-13(21)14-5-4-6-15(11-14)16-7-8-17(19)18(12-16)20-9-2-3-10-20;11-8-3-4-9(12)10(7-8)13-5-1-2-6-13;1-6(10)7-3-2-4-8(5-7)9(11)12/h4-8,11-13,21H,2-3,9-10H2,1H3;3-4,7H,1-2,5-6H2;2-5,11-12H,1H3. The molecule has 0 amide bonds. The highest BCUT2D eigenvalue weighted by Crippen LogP contribution is 2.31. The Morgan fingerprint density at radius 1 is 0.761 bits per heavy atom. The molecular formula is C36H40BBrF2N2O4. The highest BCUT2D eigenvalue weighted by Gasteiger charge is 2.18. The van der Waals surface area contributed by atoms with Crippen LogP contribution in [0.3, 0.4) is 0 Å². The van der Waals surface area contributed by atoms with Crippen LogP contribution in [0.15, 0.2) is 89.4 Å². The smallest absolute Gasteiger partial charge is 0.423 e. The lowest BCUT2D eigenvalue weighted by atomic mass is 9.79. The number of carbonyl (C=O) groups is 1. The first-order valence-electron chi connectivity index (χ1n) is 15.5. The van der Waals surface area contributed by atoms with Crippen LogP contribution in [0.5, 0.6) is 0 Å². The van der Waals surface area contributed by atoms with Gasteiger partial charge in [-0.15, -0.1) is 0 Å². The lowest BCUT2D eigenvalue weighted by Gasteiger charge is -2.19. The summed E-state index contributed by atoms with van der Waals surface area (Å²) in [5.74, 6) is -0.366. The molecule has 0 radical (unpaired) electrons. The van der Waals surface area contributed by atoms with Gasteiger partial charge in [-0.3, -0.25) is 4.79 Å². The Labute approximate surface area is 278 Å². The first-order valence-corrected chi connectivity index (χ1v) is 16.3. The fraction of sp³-hybridized carbons (Fsp3) is 0.306. The van der Waals surface area contributed by atoms with Gasteiger partial charge in [0.2, 0.25) is 0 Å². The molecule has 1 unspecified atom stereocenters. The molecule has 6 rings (SSSR count). The van der Waals surface area contributed by atoms with Gasteiger partial charge in [0.15, 0.2) is 5.78 Å². The molecule has 4 aromatic carbocycles. The Balaban J connectivity index is 0.000000166. The van der Waals surface area contributed by atoms with Gasteiger partial charge < -0.3 is 25.0 Å². The third kappa shape index (κ3) is 9.72. The van der Waals surface area contributed by atoms with Crippen molar-refractivity contribution in [1.82, 2.24) is 0 Å². The SMILES string of the molecule is CC(=O)c1cccc(B(O)O)c1.CC(O)c1cccc(-c2ccc(F)c(N3CCCC3)c2)c1.Fc1ccc(Br)cc1N1CCCC1. The highest BCUT2D eigenvalue weighted by molar-refractivity contribution is 9.10. The molecule has 1 atom stereocenters. The second-order valence-electron chi connectivity index (χ2n) is 11.5. The number of benzene rings is 4. The van der Waals surface area contributed by atoms with E-state index in [-0.39, 0.29) is 17.4 Å². The fourth-order valence-electron chi connectivity index (χ4n) is 5.48. The summed E-state index contributed by atoms with van der Waals surface area (Å²) in [4.78, 5) is 15.1. The van der Waals surface area contributed by atoms with Crippen molar-refractivity contribution in [3.05, 3.63) is 112 Å². The van der Waals surface area contributed by atoms with Crippen molar-refractivity contribution < 1.29 is 28.7 Å². The zero-order chi connectivity index (χ0) is 33.2. The molecule has 10 heteroatoms. The van der Waals surface area contributed by atoms with Crippen LogP contribution in [0, 0.1) is 11.6 Å². The van der Waals surface area contributed by atoms with Gasteiger partial charge in [0.1, 0.15) is 11.6 Å². The summed E-state index contributed by atoms with van der Waals surface area (Å²) in [5, 5.41) is 27.2. The van der Waals surface area contributed by atoms with Crippen molar-refractivity contribution >= 4 is 45.7 Å². The van der Waals surface area contributed by atoms with Crippen LogP contribution in [0.2, 0.25) is 0 Å². The van der Waals surface area contributed by atoms with Crippen molar-refractivity contribution in [3.63, 3.8) is 0 Å². The van der Waals surface area contributed by atoms with Crippen LogP contribution >= 0.6 is 15.9 Å². The molecule has 2 heterocycles. The van der Waals surface area contributed by atoms with Crippen LogP contribution in [0.25, 0.3) is 11.1 Å². The van der Waals surface area contributed by atoms with E-state index in [4.69, 9.17) is 10.0 Å². The Hall–Kier alpha value is -3.57. The minimum Gasteiger partial charge on any atom is -0.423 e. The molecule has 46 heavy (non-hydrogen) atoms. The molecule has 0 aromatic heterocycles. The Morgan fingerprint density at radius 3 is 1.87 bits per heavy atom. The second kappa shape index (κ2) is 16.8. The predicted molar refractivity (Wildman–Crippen MR) is 186 cm³/mol. The van der Waals surface area contributed by atoms with Crippen LogP contribution in [0.1, 0.15) is 61.6 Å². The van der Waals surface area contributed by atoms with Gasteiger partial charge in [-0.25, -0.2) is 8.78 Å². The number of anilines is 2. The molecule has 2 fully saturated rings. The molecule has 3 N–H and O–H groups in total. The molecule has 2 saturated heterocycles. The lowest BCUT2D eigenvalue weighted by Crippen LogP contribution is -2.30. The Kier molecular flexibility index (Phi) is 12.9. The van der Waals surface area contributed by atoms with E-state index in [1.165, 1.54) is 38.0 Å². The van der Waals surface area contributed by atoms with E-state index < -0.39 is 13.2 Å². The summed E-state index contributed by atoms with van der Waals surface area (Å²) in [6.07, 6.45) is 4.10. The van der Waals surface area contributed by atoms with Gasteiger partial charge in [0.05, 0.1) is 17.5 Å². The van der Waals surface area contributed by atoms with Crippen LogP contribution in [0.4, 0.5) is 20.2 Å². The molecule has 242 valence electrons. The number of Topliss-reactive ketones (excluding diaryl/α,β-unsaturated/α-hetero) is 1. The predicted octanol–water partition coefficient (Wildman–Crippen LogP) is 6.90. The van der Waals surface area contributed by atoms with E-state index in [2.05, 4.69) is 25.7 Å². The van der Waals surface area contributed by atoms with Gasteiger partial charge >= 0.3 is 7.12 Å². The molecule has 2 aliphatic rings. The van der Waals surface area contributed by atoms with E-state index in [0.717, 1.165) is 65.9 Å². The zero-order valence-corrected chi connectivity index (χ0v) is 27.8. The number of ketones is 1. The summed E-state index contributed by atoms with van der Waals surface area (Å²) in [6.45, 7) is 6.99. The summed E-state index contributed by atoms with van der Waals surface area (Å²) in [5.41, 5.74) is 5.11. The lowest BCUT2D eigenvalue weighted by molar-refractivity contribution is 0.101. The largest absolute Gasteiger partial charge is 0.488 e. The summed E-state index contributed by atoms with van der Waals surface area (Å²) in [6, 6.07) is 24.4. The maximum absolute atomic E-state index is 14.1. The van der Waals surface area contributed by atoms with Crippen LogP contribution in [-0.4, -0.2) is 54.2 Å².